The second-order valence-corrected chi connectivity index (χ2v) is 7.83. The Labute approximate surface area is 174 Å². The minimum absolute atomic E-state index is 0.0733. The fourth-order valence-corrected chi connectivity index (χ4v) is 4.56. The molecule has 1 aromatic heterocycles. The second-order valence-electron chi connectivity index (χ2n) is 7.83. The van der Waals surface area contributed by atoms with Crippen molar-refractivity contribution in [3.63, 3.8) is 0 Å². The molecule has 1 fully saturated rings. The van der Waals surface area contributed by atoms with E-state index in [4.69, 9.17) is 4.84 Å². The summed E-state index contributed by atoms with van der Waals surface area (Å²) >= 11 is 0. The van der Waals surface area contributed by atoms with E-state index in [1.54, 1.807) is 12.1 Å². The molecule has 0 unspecified atom stereocenters. The minimum atomic E-state index is -0.442. The van der Waals surface area contributed by atoms with E-state index in [1.165, 1.54) is 13.3 Å². The summed E-state index contributed by atoms with van der Waals surface area (Å²) in [4.78, 5) is 27.4. The Morgan fingerprint density at radius 2 is 1.80 bits per heavy atom. The number of carbonyl (C=O) groups is 1. The van der Waals surface area contributed by atoms with Crippen LogP contribution in [0.25, 0.3) is 21.8 Å². The molecule has 1 aliphatic carbocycles. The van der Waals surface area contributed by atoms with Crippen LogP contribution in [0.15, 0.2) is 41.6 Å². The molecule has 7 heteroatoms. The third-order valence-electron chi connectivity index (χ3n) is 5.94. The number of aryl methyl sites for hydroxylation is 1. The van der Waals surface area contributed by atoms with Gasteiger partial charge in [-0.15, -0.1) is 0 Å². The van der Waals surface area contributed by atoms with Crippen molar-refractivity contribution in [1.82, 2.24) is 4.57 Å². The highest BCUT2D eigenvalue weighted by Crippen LogP contribution is 2.34. The molecule has 1 heterocycles. The van der Waals surface area contributed by atoms with E-state index in [-0.39, 0.29) is 16.5 Å². The van der Waals surface area contributed by atoms with Crippen LogP contribution in [0.1, 0.15) is 51.5 Å². The highest BCUT2D eigenvalue weighted by atomic mass is 16.7. The highest BCUT2D eigenvalue weighted by Gasteiger charge is 2.23. The summed E-state index contributed by atoms with van der Waals surface area (Å²) in [6.07, 6.45) is 5.51. The van der Waals surface area contributed by atoms with Gasteiger partial charge < -0.3 is 9.40 Å². The minimum Gasteiger partial charge on any atom is -0.341 e. The summed E-state index contributed by atoms with van der Waals surface area (Å²) in [6.45, 7) is 4.16. The molecule has 4 rings (SSSR count). The summed E-state index contributed by atoms with van der Waals surface area (Å²) in [7, 11) is 0. The molecule has 0 radical (unpaired) electrons. The summed E-state index contributed by atoms with van der Waals surface area (Å²) in [5.74, 6) is -0.202. The van der Waals surface area contributed by atoms with E-state index < -0.39 is 5.97 Å². The van der Waals surface area contributed by atoms with E-state index in [0.717, 1.165) is 65.3 Å². The Hall–Kier alpha value is -3.22. The fourth-order valence-electron chi connectivity index (χ4n) is 4.56. The van der Waals surface area contributed by atoms with Crippen LogP contribution in [0.3, 0.4) is 0 Å². The molecule has 3 aromatic rings. The standard InChI is InChI=1S/C23H25N3O4/c1-3-25-21-11-9-17(23(24-30-15(2)27)16-7-5-4-6-8-16)13-19(21)20-14-18(26(28)29)10-12-22(20)25/h9-14,16H,3-8H2,1-2H3/b24-23+. The van der Waals surface area contributed by atoms with E-state index in [9.17, 15) is 14.9 Å². The molecule has 0 saturated heterocycles. The molecule has 0 N–H and O–H groups in total. The lowest BCUT2D eigenvalue weighted by atomic mass is 9.83. The zero-order chi connectivity index (χ0) is 21.3. The zero-order valence-electron chi connectivity index (χ0n) is 17.3. The van der Waals surface area contributed by atoms with Gasteiger partial charge in [0.15, 0.2) is 0 Å². The number of fused-ring (bicyclic) bond motifs is 3. The van der Waals surface area contributed by atoms with Crippen molar-refractivity contribution in [3.05, 3.63) is 52.1 Å². The molecule has 7 nitrogen and oxygen atoms in total. The normalized spacial score (nSPS) is 15.6. The van der Waals surface area contributed by atoms with Crippen molar-refractivity contribution in [2.24, 2.45) is 11.1 Å². The van der Waals surface area contributed by atoms with Gasteiger partial charge in [0.05, 0.1) is 10.6 Å². The number of oxime groups is 1. The predicted octanol–water partition coefficient (Wildman–Crippen LogP) is 5.57. The number of nitro benzene ring substituents is 1. The van der Waals surface area contributed by atoms with E-state index in [0.29, 0.717) is 0 Å². The predicted molar refractivity (Wildman–Crippen MR) is 117 cm³/mol. The van der Waals surface area contributed by atoms with Crippen molar-refractivity contribution in [2.75, 3.05) is 0 Å². The van der Waals surface area contributed by atoms with Gasteiger partial charge in [-0.3, -0.25) is 10.1 Å². The SMILES string of the molecule is CCn1c2ccc(/C(=N/OC(C)=O)C3CCCCC3)cc2c2cc([N+](=O)[O-])ccc21. The number of hydrogen-bond acceptors (Lipinski definition) is 5. The van der Waals surface area contributed by atoms with Crippen molar-refractivity contribution in [3.8, 4) is 0 Å². The van der Waals surface area contributed by atoms with Gasteiger partial charge >= 0.3 is 5.97 Å². The average molecular weight is 407 g/mol. The van der Waals surface area contributed by atoms with Crippen molar-refractivity contribution in [1.29, 1.82) is 0 Å². The first-order valence-electron chi connectivity index (χ1n) is 10.5. The number of aromatic nitrogens is 1. The maximum absolute atomic E-state index is 11.4. The van der Waals surface area contributed by atoms with Crippen LogP contribution < -0.4 is 0 Å². The lowest BCUT2D eigenvalue weighted by Gasteiger charge is -2.23. The van der Waals surface area contributed by atoms with E-state index in [2.05, 4.69) is 16.6 Å². The first kappa shape index (κ1) is 20.1. The van der Waals surface area contributed by atoms with E-state index in [1.807, 2.05) is 24.3 Å². The van der Waals surface area contributed by atoms with E-state index >= 15 is 0 Å². The monoisotopic (exact) mass is 407 g/mol. The van der Waals surface area contributed by atoms with Gasteiger partial charge in [0.25, 0.3) is 5.69 Å². The van der Waals surface area contributed by atoms with Crippen LogP contribution in [0.5, 0.6) is 0 Å². The summed E-state index contributed by atoms with van der Waals surface area (Å²) in [5, 5.41) is 17.3. The molecule has 0 atom stereocenters. The third kappa shape index (κ3) is 3.67. The molecule has 30 heavy (non-hydrogen) atoms. The molecular formula is C23H25N3O4. The molecule has 156 valence electrons. The zero-order valence-corrected chi connectivity index (χ0v) is 17.3. The average Bonchev–Trinajstić information content (AvgIpc) is 3.06. The van der Waals surface area contributed by atoms with Crippen molar-refractivity contribution in [2.45, 2.75) is 52.5 Å². The summed E-state index contributed by atoms with van der Waals surface area (Å²) < 4.78 is 2.15. The first-order chi connectivity index (χ1) is 14.5. The Balaban J connectivity index is 1.90. The lowest BCUT2D eigenvalue weighted by molar-refractivity contribution is -0.384. The Bertz CT molecular complexity index is 1160. The van der Waals surface area contributed by atoms with Gasteiger partial charge in [-0.2, -0.15) is 0 Å². The number of benzene rings is 2. The largest absolute Gasteiger partial charge is 0.341 e. The fraction of sp³-hybridized carbons (Fsp3) is 0.391. The smallest absolute Gasteiger partial charge is 0.331 e. The number of nitro groups is 1. The van der Waals surface area contributed by atoms with Crippen molar-refractivity contribution < 1.29 is 14.6 Å². The Morgan fingerprint density at radius 1 is 1.13 bits per heavy atom. The number of rotatable bonds is 5. The molecule has 0 bridgehead atoms. The van der Waals surface area contributed by atoms with Crippen LogP contribution in [0, 0.1) is 16.0 Å². The maximum Gasteiger partial charge on any atom is 0.331 e. The van der Waals surface area contributed by atoms with Gasteiger partial charge in [0.2, 0.25) is 0 Å². The van der Waals surface area contributed by atoms with Gasteiger partial charge in [-0.1, -0.05) is 30.5 Å². The van der Waals surface area contributed by atoms with Crippen LogP contribution >= 0.6 is 0 Å². The molecule has 2 aromatic carbocycles. The summed E-state index contributed by atoms with van der Waals surface area (Å²) in [5.41, 5.74) is 3.75. The van der Waals surface area contributed by atoms with Crippen molar-refractivity contribution >= 4 is 39.2 Å². The molecule has 1 saturated carbocycles. The quantitative estimate of drug-likeness (QED) is 0.239. The summed E-state index contributed by atoms with van der Waals surface area (Å²) in [6, 6.07) is 11.1. The Kier molecular flexibility index (Phi) is 5.53. The van der Waals surface area contributed by atoms with Crippen LogP contribution in [0.2, 0.25) is 0 Å². The molecular weight excluding hydrogens is 382 g/mol. The number of nitrogens with zero attached hydrogens (tertiary/aromatic N) is 3. The highest BCUT2D eigenvalue weighted by molar-refractivity contribution is 6.12. The van der Waals surface area contributed by atoms with Gasteiger partial charge in [-0.25, -0.2) is 4.79 Å². The van der Waals surface area contributed by atoms with Crippen LogP contribution in [-0.4, -0.2) is 21.2 Å². The number of carbonyl (C=O) groups excluding carboxylic acids is 1. The lowest BCUT2D eigenvalue weighted by Crippen LogP contribution is -2.20. The molecule has 0 aliphatic heterocycles. The van der Waals surface area contributed by atoms with Crippen LogP contribution in [-0.2, 0) is 16.2 Å². The number of hydrogen-bond donors (Lipinski definition) is 0. The Morgan fingerprint density at radius 3 is 2.43 bits per heavy atom. The second kappa shape index (κ2) is 8.26. The molecule has 0 amide bonds. The topological polar surface area (TPSA) is 86.7 Å². The molecule has 0 spiro atoms. The third-order valence-corrected chi connectivity index (χ3v) is 5.94. The first-order valence-corrected chi connectivity index (χ1v) is 10.5. The van der Waals surface area contributed by atoms with Gasteiger partial charge in [-0.05, 0) is 38.0 Å². The van der Waals surface area contributed by atoms with Crippen LogP contribution in [0.4, 0.5) is 5.69 Å². The van der Waals surface area contributed by atoms with Gasteiger partial charge in [0.1, 0.15) is 0 Å². The molecule has 1 aliphatic rings. The van der Waals surface area contributed by atoms with Gasteiger partial charge in [0, 0.05) is 58.9 Å². The maximum atomic E-state index is 11.4. The number of non-ortho nitro benzene ring substituents is 1.